The van der Waals surface area contributed by atoms with Crippen molar-refractivity contribution in [3.63, 3.8) is 0 Å². The Kier molecular flexibility index (Phi) is 2.36. The van der Waals surface area contributed by atoms with Crippen molar-refractivity contribution in [2.45, 2.75) is 0 Å². The highest BCUT2D eigenvalue weighted by molar-refractivity contribution is 6.68. The van der Waals surface area contributed by atoms with Crippen molar-refractivity contribution in [2.24, 2.45) is 0 Å². The molecule has 60 valence electrons. The Hall–Kier alpha value is -1.47. The second-order valence-corrected chi connectivity index (χ2v) is 2.27. The minimum absolute atomic E-state index is 0.157. The van der Waals surface area contributed by atoms with Crippen LogP contribution in [0.2, 0.25) is 0 Å². The molecule has 0 aliphatic carbocycles. The quantitative estimate of drug-likeness (QED) is 0.621. The molecule has 3 nitrogen and oxygen atoms in total. The van der Waals surface area contributed by atoms with Gasteiger partial charge in [0.25, 0.3) is 5.24 Å². The van der Waals surface area contributed by atoms with E-state index in [1.54, 1.807) is 6.07 Å². The van der Waals surface area contributed by atoms with Crippen molar-refractivity contribution in [3.05, 3.63) is 29.3 Å². The van der Waals surface area contributed by atoms with Crippen LogP contribution in [-0.4, -0.2) is 10.2 Å². The van der Waals surface area contributed by atoms with Gasteiger partial charge in [-0.1, -0.05) is 0 Å². The maximum Gasteiger partial charge on any atom is 0.256 e. The van der Waals surface area contributed by atoms with Gasteiger partial charge in [0.05, 0.1) is 17.3 Å². The molecule has 0 saturated carbocycles. The van der Waals surface area contributed by atoms with Crippen LogP contribution in [0.3, 0.4) is 0 Å². The van der Waals surface area contributed by atoms with Crippen molar-refractivity contribution in [1.29, 1.82) is 5.26 Å². The summed E-state index contributed by atoms with van der Waals surface area (Å²) in [5, 5.41) is 7.43. The predicted molar refractivity (Wildman–Crippen MR) is 39.1 cm³/mol. The van der Waals surface area contributed by atoms with E-state index in [4.69, 9.17) is 16.9 Å². The zero-order valence-corrected chi connectivity index (χ0v) is 6.47. The molecule has 0 atom stereocenters. The molecular formula is C7H2ClFN2O. The predicted octanol–water partition coefficient (Wildman–Crippen LogP) is 1.47. The Labute approximate surface area is 72.4 Å². The maximum atomic E-state index is 12.8. The monoisotopic (exact) mass is 184 g/mol. The minimum atomic E-state index is -0.994. The lowest BCUT2D eigenvalue weighted by Gasteiger charge is -1.96. The summed E-state index contributed by atoms with van der Waals surface area (Å²) in [6.07, 6.45) is 1.91. The van der Waals surface area contributed by atoms with Gasteiger partial charge in [-0.05, 0) is 11.6 Å². The Bertz CT molecular complexity index is 372. The summed E-state index contributed by atoms with van der Waals surface area (Å²) in [5.74, 6) is -0.881. The fraction of sp³-hybridized carbons (Fsp3) is 0. The van der Waals surface area contributed by atoms with Gasteiger partial charge in [0.15, 0.2) is 5.82 Å². The number of nitrogens with zero attached hydrogens (tertiary/aromatic N) is 2. The number of hydrogen-bond acceptors (Lipinski definition) is 3. The average Bonchev–Trinajstić information content (AvgIpc) is 2.03. The number of aromatic nitrogens is 1. The standard InChI is InChI=1S/C7H2ClFN2O/c8-7(12)6-4(1-10)2-11-3-5(6)9/h2-3H. The number of carbonyl (C=O) groups excluding carboxylic acids is 1. The molecule has 1 aromatic rings. The molecule has 0 aliphatic rings. The van der Waals surface area contributed by atoms with Gasteiger partial charge in [0.1, 0.15) is 6.07 Å². The van der Waals surface area contributed by atoms with Crippen LogP contribution in [0.5, 0.6) is 0 Å². The zero-order valence-electron chi connectivity index (χ0n) is 5.71. The fourth-order valence-electron chi connectivity index (χ4n) is 0.720. The van der Waals surface area contributed by atoms with Crippen LogP contribution < -0.4 is 0 Å². The van der Waals surface area contributed by atoms with E-state index >= 15 is 0 Å². The maximum absolute atomic E-state index is 12.8. The Morgan fingerprint density at radius 2 is 2.33 bits per heavy atom. The summed E-state index contributed by atoms with van der Waals surface area (Å²) < 4.78 is 12.8. The largest absolute Gasteiger partial charge is 0.275 e. The van der Waals surface area contributed by atoms with Crippen LogP contribution in [0, 0.1) is 17.1 Å². The summed E-state index contributed by atoms with van der Waals surface area (Å²) in [6, 6.07) is 1.61. The number of rotatable bonds is 1. The third-order valence-corrected chi connectivity index (χ3v) is 1.41. The van der Waals surface area contributed by atoms with Gasteiger partial charge < -0.3 is 0 Å². The lowest BCUT2D eigenvalue weighted by molar-refractivity contribution is 0.107. The van der Waals surface area contributed by atoms with Crippen molar-refractivity contribution < 1.29 is 9.18 Å². The lowest BCUT2D eigenvalue weighted by atomic mass is 10.2. The summed E-state index contributed by atoms with van der Waals surface area (Å²) in [5.41, 5.74) is -0.579. The molecule has 1 heterocycles. The Morgan fingerprint density at radius 3 is 2.75 bits per heavy atom. The average molecular weight is 185 g/mol. The number of halogens is 2. The zero-order chi connectivity index (χ0) is 9.14. The van der Waals surface area contributed by atoms with E-state index in [0.717, 1.165) is 12.4 Å². The topological polar surface area (TPSA) is 53.8 Å². The number of carbonyl (C=O) groups is 1. The van der Waals surface area contributed by atoms with E-state index in [-0.39, 0.29) is 5.56 Å². The first-order valence-electron chi connectivity index (χ1n) is 2.90. The summed E-state index contributed by atoms with van der Waals surface area (Å²) in [4.78, 5) is 14.0. The third-order valence-electron chi connectivity index (χ3n) is 1.22. The number of nitriles is 1. The van der Waals surface area contributed by atoms with E-state index in [2.05, 4.69) is 4.98 Å². The Morgan fingerprint density at radius 1 is 1.67 bits per heavy atom. The van der Waals surface area contributed by atoms with E-state index in [0.29, 0.717) is 0 Å². The highest BCUT2D eigenvalue weighted by Gasteiger charge is 2.14. The molecule has 0 bridgehead atoms. The number of pyridine rings is 1. The summed E-state index contributed by atoms with van der Waals surface area (Å²) in [6.45, 7) is 0. The molecule has 0 fully saturated rings. The van der Waals surface area contributed by atoms with Gasteiger partial charge in [-0.3, -0.25) is 9.78 Å². The lowest BCUT2D eigenvalue weighted by Crippen LogP contribution is -1.99. The van der Waals surface area contributed by atoms with Crippen LogP contribution >= 0.6 is 11.6 Å². The van der Waals surface area contributed by atoms with Gasteiger partial charge in [-0.15, -0.1) is 0 Å². The van der Waals surface area contributed by atoms with E-state index in [1.807, 2.05) is 0 Å². The molecule has 0 spiro atoms. The van der Waals surface area contributed by atoms with Crippen molar-refractivity contribution in [1.82, 2.24) is 4.98 Å². The fourth-order valence-corrected chi connectivity index (χ4v) is 0.912. The molecule has 0 N–H and O–H groups in total. The first-order chi connectivity index (χ1) is 5.66. The van der Waals surface area contributed by atoms with E-state index < -0.39 is 16.6 Å². The molecule has 1 aromatic heterocycles. The van der Waals surface area contributed by atoms with Crippen molar-refractivity contribution >= 4 is 16.8 Å². The van der Waals surface area contributed by atoms with Crippen molar-refractivity contribution in [2.75, 3.05) is 0 Å². The highest BCUT2D eigenvalue weighted by Crippen LogP contribution is 2.13. The van der Waals surface area contributed by atoms with Crippen LogP contribution in [0.25, 0.3) is 0 Å². The minimum Gasteiger partial charge on any atom is -0.275 e. The normalized spacial score (nSPS) is 9.08. The molecule has 0 aromatic carbocycles. The van der Waals surface area contributed by atoms with Crippen LogP contribution in [0.4, 0.5) is 4.39 Å². The van der Waals surface area contributed by atoms with Gasteiger partial charge >= 0.3 is 0 Å². The second-order valence-electron chi connectivity index (χ2n) is 1.93. The molecular weight excluding hydrogens is 183 g/mol. The van der Waals surface area contributed by atoms with Gasteiger partial charge in [-0.2, -0.15) is 5.26 Å². The van der Waals surface area contributed by atoms with Crippen LogP contribution in [-0.2, 0) is 0 Å². The molecule has 1 rings (SSSR count). The molecule has 0 aliphatic heterocycles. The van der Waals surface area contributed by atoms with Crippen LogP contribution in [0.1, 0.15) is 15.9 Å². The summed E-state index contributed by atoms with van der Waals surface area (Å²) >= 11 is 5.03. The van der Waals surface area contributed by atoms with E-state index in [9.17, 15) is 9.18 Å². The van der Waals surface area contributed by atoms with Crippen molar-refractivity contribution in [3.8, 4) is 6.07 Å². The SMILES string of the molecule is N#Cc1cncc(F)c1C(=O)Cl. The third kappa shape index (κ3) is 1.41. The Balaban J connectivity index is 3.42. The molecule has 0 amide bonds. The number of hydrogen-bond donors (Lipinski definition) is 0. The molecule has 5 heteroatoms. The highest BCUT2D eigenvalue weighted by atomic mass is 35.5. The first-order valence-corrected chi connectivity index (χ1v) is 3.28. The van der Waals surface area contributed by atoms with Gasteiger partial charge in [0.2, 0.25) is 0 Å². The van der Waals surface area contributed by atoms with E-state index in [1.165, 1.54) is 0 Å². The summed E-state index contributed by atoms with van der Waals surface area (Å²) in [7, 11) is 0. The van der Waals surface area contributed by atoms with Crippen LogP contribution in [0.15, 0.2) is 12.4 Å². The molecule has 12 heavy (non-hydrogen) atoms. The molecule has 0 saturated heterocycles. The van der Waals surface area contributed by atoms with Gasteiger partial charge in [0, 0.05) is 6.20 Å². The first kappa shape index (κ1) is 8.62. The second kappa shape index (κ2) is 3.28. The molecule has 0 radical (unpaired) electrons. The smallest absolute Gasteiger partial charge is 0.256 e. The van der Waals surface area contributed by atoms with Gasteiger partial charge in [-0.25, -0.2) is 4.39 Å². The molecule has 0 unspecified atom stereocenters.